The second-order valence-electron chi connectivity index (χ2n) is 6.16. The fourth-order valence-electron chi connectivity index (χ4n) is 3.09. The molecular formula is C19H19IN2O4S2. The molecule has 0 bridgehead atoms. The molecule has 1 aromatic carbocycles. The van der Waals surface area contributed by atoms with Crippen LogP contribution in [0.5, 0.6) is 5.75 Å². The zero-order chi connectivity index (χ0) is 20.3. The van der Waals surface area contributed by atoms with Gasteiger partial charge in [0, 0.05) is 10.4 Å². The molecule has 148 valence electrons. The van der Waals surface area contributed by atoms with Crippen LogP contribution in [0.25, 0.3) is 0 Å². The number of aryl methyl sites for hydroxylation is 1. The molecule has 9 heteroatoms. The van der Waals surface area contributed by atoms with Crippen LogP contribution in [-0.4, -0.2) is 31.2 Å². The van der Waals surface area contributed by atoms with Crippen molar-refractivity contribution in [2.45, 2.75) is 25.7 Å². The largest absolute Gasteiger partial charge is 0.496 e. The predicted octanol–water partition coefficient (Wildman–Crippen LogP) is 4.15. The van der Waals surface area contributed by atoms with Gasteiger partial charge in [0.05, 0.1) is 23.4 Å². The zero-order valence-electron chi connectivity index (χ0n) is 15.4. The molecule has 0 atom stereocenters. The van der Waals surface area contributed by atoms with Crippen molar-refractivity contribution in [3.63, 3.8) is 0 Å². The summed E-state index contributed by atoms with van der Waals surface area (Å²) >= 11 is 8.90. The highest BCUT2D eigenvalue weighted by Gasteiger charge is 2.26. The summed E-state index contributed by atoms with van der Waals surface area (Å²) in [7, 11) is 2.94. The quantitative estimate of drug-likeness (QED) is 0.352. The normalized spacial score (nSPS) is 12.7. The van der Waals surface area contributed by atoms with Crippen molar-refractivity contribution in [2.75, 3.05) is 19.5 Å². The number of rotatable bonds is 4. The second kappa shape index (κ2) is 9.19. The third-order valence-corrected chi connectivity index (χ3v) is 6.68. The fourth-order valence-corrected chi connectivity index (χ4v) is 5.37. The number of hydrogen-bond acceptors (Lipinski definition) is 6. The molecule has 6 nitrogen and oxygen atoms in total. The number of carbonyl (C=O) groups excluding carboxylic acids is 2. The Morgan fingerprint density at radius 1 is 1.21 bits per heavy atom. The van der Waals surface area contributed by atoms with Crippen LogP contribution in [0.3, 0.4) is 0 Å². The Kier molecular flexibility index (Phi) is 6.89. The van der Waals surface area contributed by atoms with Crippen LogP contribution in [0.1, 0.15) is 44.0 Å². The highest BCUT2D eigenvalue weighted by Crippen LogP contribution is 2.38. The lowest BCUT2D eigenvalue weighted by molar-refractivity contribution is 0.0601. The molecule has 1 aliphatic carbocycles. The molecule has 0 aliphatic heterocycles. The van der Waals surface area contributed by atoms with E-state index in [4.69, 9.17) is 21.7 Å². The number of halogens is 1. The molecule has 2 aromatic rings. The molecule has 1 amide bonds. The number of methoxy groups -OCH3 is 2. The van der Waals surface area contributed by atoms with Gasteiger partial charge < -0.3 is 14.8 Å². The Balaban J connectivity index is 1.76. The van der Waals surface area contributed by atoms with Crippen molar-refractivity contribution in [1.82, 2.24) is 5.32 Å². The lowest BCUT2D eigenvalue weighted by Gasteiger charge is -2.12. The van der Waals surface area contributed by atoms with E-state index in [1.165, 1.54) is 23.3 Å². The summed E-state index contributed by atoms with van der Waals surface area (Å²) in [5.41, 5.74) is 2.02. The fraction of sp³-hybridized carbons (Fsp3) is 0.316. The first-order valence-corrected chi connectivity index (χ1v) is 10.9. The molecule has 0 unspecified atom stereocenters. The summed E-state index contributed by atoms with van der Waals surface area (Å²) in [6.45, 7) is 0. The first-order valence-electron chi connectivity index (χ1n) is 8.63. The number of anilines is 1. The Labute approximate surface area is 186 Å². The van der Waals surface area contributed by atoms with E-state index in [9.17, 15) is 9.59 Å². The number of fused-ring (bicyclic) bond motifs is 1. The van der Waals surface area contributed by atoms with Crippen LogP contribution < -0.4 is 15.4 Å². The molecule has 1 heterocycles. The van der Waals surface area contributed by atoms with Gasteiger partial charge in [0.15, 0.2) is 5.11 Å². The van der Waals surface area contributed by atoms with Crippen LogP contribution in [-0.2, 0) is 17.6 Å². The summed E-state index contributed by atoms with van der Waals surface area (Å²) in [4.78, 5) is 26.0. The molecule has 1 aromatic heterocycles. The predicted molar refractivity (Wildman–Crippen MR) is 122 cm³/mol. The summed E-state index contributed by atoms with van der Waals surface area (Å²) < 4.78 is 11.0. The van der Waals surface area contributed by atoms with E-state index in [2.05, 4.69) is 33.2 Å². The van der Waals surface area contributed by atoms with Crippen molar-refractivity contribution in [3.05, 3.63) is 43.3 Å². The topological polar surface area (TPSA) is 76.7 Å². The van der Waals surface area contributed by atoms with Crippen LogP contribution in [0, 0.1) is 3.57 Å². The van der Waals surface area contributed by atoms with Gasteiger partial charge in [0.1, 0.15) is 10.8 Å². The van der Waals surface area contributed by atoms with Crippen molar-refractivity contribution >= 4 is 68.1 Å². The molecule has 0 saturated carbocycles. The summed E-state index contributed by atoms with van der Waals surface area (Å²) in [6.07, 6.45) is 3.94. The molecule has 1 aliphatic rings. The van der Waals surface area contributed by atoms with Crippen molar-refractivity contribution in [2.24, 2.45) is 0 Å². The summed E-state index contributed by atoms with van der Waals surface area (Å²) in [6, 6.07) is 5.12. The molecule has 2 N–H and O–H groups in total. The van der Waals surface area contributed by atoms with E-state index in [1.807, 2.05) is 0 Å². The average Bonchev–Trinajstić information content (AvgIpc) is 3.04. The number of carbonyl (C=O) groups is 2. The smallest absolute Gasteiger partial charge is 0.341 e. The lowest BCUT2D eigenvalue weighted by Crippen LogP contribution is -2.34. The number of ether oxygens (including phenoxy) is 2. The minimum Gasteiger partial charge on any atom is -0.496 e. The van der Waals surface area contributed by atoms with Crippen LogP contribution >= 0.6 is 46.1 Å². The summed E-state index contributed by atoms with van der Waals surface area (Å²) in [5, 5.41) is 6.43. The minimum absolute atomic E-state index is 0.138. The maximum Gasteiger partial charge on any atom is 0.341 e. The number of nitrogens with one attached hydrogen (secondary N) is 2. The number of esters is 1. The van der Waals surface area contributed by atoms with Crippen LogP contribution in [0.4, 0.5) is 5.00 Å². The van der Waals surface area contributed by atoms with Gasteiger partial charge in [0.2, 0.25) is 0 Å². The van der Waals surface area contributed by atoms with Gasteiger partial charge in [-0.25, -0.2) is 4.79 Å². The van der Waals surface area contributed by atoms with Gasteiger partial charge in [-0.2, -0.15) is 0 Å². The van der Waals surface area contributed by atoms with Gasteiger partial charge in [-0.1, -0.05) is 0 Å². The minimum atomic E-state index is -0.388. The molecule has 28 heavy (non-hydrogen) atoms. The van der Waals surface area contributed by atoms with E-state index >= 15 is 0 Å². The third-order valence-electron chi connectivity index (χ3n) is 4.43. The Hall–Kier alpha value is -1.72. The molecule has 0 fully saturated rings. The molecule has 0 saturated heterocycles. The number of benzene rings is 1. The van der Waals surface area contributed by atoms with Gasteiger partial charge >= 0.3 is 5.97 Å². The monoisotopic (exact) mass is 530 g/mol. The first-order chi connectivity index (χ1) is 13.4. The highest BCUT2D eigenvalue weighted by atomic mass is 127. The second-order valence-corrected chi connectivity index (χ2v) is 8.84. The zero-order valence-corrected chi connectivity index (χ0v) is 19.2. The maximum atomic E-state index is 12.5. The van der Waals surface area contributed by atoms with E-state index in [1.54, 1.807) is 25.3 Å². The number of thiophene rings is 1. The number of amides is 1. The Morgan fingerprint density at radius 2 is 1.96 bits per heavy atom. The van der Waals surface area contributed by atoms with Crippen LogP contribution in [0.2, 0.25) is 0 Å². The maximum absolute atomic E-state index is 12.5. The van der Waals surface area contributed by atoms with E-state index in [-0.39, 0.29) is 17.0 Å². The third kappa shape index (κ3) is 4.47. The average molecular weight is 530 g/mol. The standard InChI is InChI=1S/C19H19IN2O4S2/c1-25-13-8-7-10(9-12(13)20)16(23)21-19(27)22-17-15(18(24)26-2)11-5-3-4-6-14(11)28-17/h7-9H,3-6H2,1-2H3,(H2,21,22,23,27). The van der Waals surface area contributed by atoms with Gasteiger partial charge in [0.25, 0.3) is 5.91 Å². The number of hydrogen-bond donors (Lipinski definition) is 2. The van der Waals surface area contributed by atoms with Gasteiger partial charge in [-0.15, -0.1) is 11.3 Å². The molecule has 0 radical (unpaired) electrons. The van der Waals surface area contributed by atoms with Crippen molar-refractivity contribution in [3.8, 4) is 5.75 Å². The molecular weight excluding hydrogens is 511 g/mol. The molecule has 0 spiro atoms. The van der Waals surface area contributed by atoms with E-state index < -0.39 is 0 Å². The highest BCUT2D eigenvalue weighted by molar-refractivity contribution is 14.1. The Morgan fingerprint density at radius 3 is 2.64 bits per heavy atom. The number of thiocarbonyl (C=S) groups is 1. The summed E-state index contributed by atoms with van der Waals surface area (Å²) in [5.74, 6) is -0.0236. The van der Waals surface area contributed by atoms with Gasteiger partial charge in [-0.3, -0.25) is 10.1 Å². The molecule has 3 rings (SSSR count). The van der Waals surface area contributed by atoms with Crippen LogP contribution in [0.15, 0.2) is 18.2 Å². The van der Waals surface area contributed by atoms with E-state index in [0.29, 0.717) is 21.9 Å². The van der Waals surface area contributed by atoms with Gasteiger partial charge in [-0.05, 0) is 84.3 Å². The Bertz CT molecular complexity index is 942. The first kappa shape index (κ1) is 21.0. The lowest BCUT2D eigenvalue weighted by atomic mass is 9.95. The van der Waals surface area contributed by atoms with Crippen molar-refractivity contribution in [1.29, 1.82) is 0 Å². The van der Waals surface area contributed by atoms with Crippen molar-refractivity contribution < 1.29 is 19.1 Å². The SMILES string of the molecule is COC(=O)c1c(NC(=S)NC(=O)c2ccc(OC)c(I)c2)sc2c1CCCC2. The van der Waals surface area contributed by atoms with E-state index in [0.717, 1.165) is 34.8 Å².